The van der Waals surface area contributed by atoms with E-state index in [2.05, 4.69) is 0 Å². The van der Waals surface area contributed by atoms with E-state index >= 15 is 0 Å². The van der Waals surface area contributed by atoms with Crippen LogP contribution in [0.15, 0.2) is 54.6 Å². The van der Waals surface area contributed by atoms with E-state index in [0.717, 1.165) is 22.6 Å². The lowest BCUT2D eigenvalue weighted by atomic mass is 10.1. The Kier molecular flexibility index (Phi) is 6.39. The predicted molar refractivity (Wildman–Crippen MR) is 116 cm³/mol. The molecule has 0 aliphatic carbocycles. The number of carbonyl (C=O) groups excluding carboxylic acids is 1. The van der Waals surface area contributed by atoms with Crippen molar-refractivity contribution in [1.82, 2.24) is 0 Å². The van der Waals surface area contributed by atoms with Gasteiger partial charge in [0.2, 0.25) is 6.29 Å². The molecule has 3 aromatic rings. The summed E-state index contributed by atoms with van der Waals surface area (Å²) in [5.41, 5.74) is 1.95. The van der Waals surface area contributed by atoms with E-state index in [9.17, 15) is 9.90 Å². The molecule has 1 atom stereocenters. The van der Waals surface area contributed by atoms with Gasteiger partial charge in [-0.15, -0.1) is 0 Å². The Morgan fingerprint density at radius 3 is 1.97 bits per heavy atom. The second kappa shape index (κ2) is 9.38. The van der Waals surface area contributed by atoms with Crippen molar-refractivity contribution in [1.29, 1.82) is 0 Å². The number of fused-ring (bicyclic) bond motifs is 1. The number of esters is 1. The third-order valence-electron chi connectivity index (χ3n) is 5.00. The molecule has 0 aromatic heterocycles. The molecule has 0 saturated heterocycles. The number of aliphatic hydroxyl groups excluding tert-OH is 1. The first-order chi connectivity index (χ1) is 15.5. The van der Waals surface area contributed by atoms with Crippen molar-refractivity contribution >= 4 is 17.6 Å². The minimum absolute atomic E-state index is 0.0586. The number of hydrogen-bond donors (Lipinski definition) is 1. The molecule has 0 radical (unpaired) electrons. The number of cyclic esters (lactones) is 1. The molecular formula is C24H21ClO7. The molecule has 0 bridgehead atoms. The van der Waals surface area contributed by atoms with Crippen molar-refractivity contribution in [3.05, 3.63) is 81.9 Å². The van der Waals surface area contributed by atoms with Crippen molar-refractivity contribution in [2.24, 2.45) is 0 Å². The molecule has 1 N–H and O–H groups in total. The Labute approximate surface area is 190 Å². The van der Waals surface area contributed by atoms with E-state index in [1.54, 1.807) is 14.2 Å². The first-order valence-electron chi connectivity index (χ1n) is 9.77. The zero-order chi connectivity index (χ0) is 22.7. The molecule has 4 rings (SSSR count). The van der Waals surface area contributed by atoms with Crippen molar-refractivity contribution < 1.29 is 33.6 Å². The monoisotopic (exact) mass is 456 g/mol. The maximum Gasteiger partial charge on any atom is 0.345 e. The summed E-state index contributed by atoms with van der Waals surface area (Å²) in [5, 5.41) is 10.3. The zero-order valence-electron chi connectivity index (χ0n) is 17.5. The zero-order valence-corrected chi connectivity index (χ0v) is 18.2. The summed E-state index contributed by atoms with van der Waals surface area (Å²) in [6, 6.07) is 16.2. The van der Waals surface area contributed by atoms with Crippen LogP contribution in [-0.2, 0) is 18.0 Å². The quantitative estimate of drug-likeness (QED) is 0.493. The van der Waals surface area contributed by atoms with Gasteiger partial charge in [-0.05, 0) is 35.4 Å². The number of methoxy groups -OCH3 is 2. The van der Waals surface area contributed by atoms with Crippen LogP contribution in [0.1, 0.15) is 33.3 Å². The maximum absolute atomic E-state index is 12.4. The fourth-order valence-electron chi connectivity index (χ4n) is 3.30. The normalized spacial score (nSPS) is 14.5. The number of halogens is 1. The Morgan fingerprint density at radius 1 is 0.906 bits per heavy atom. The summed E-state index contributed by atoms with van der Waals surface area (Å²) in [6.07, 6.45) is -1.45. The molecule has 32 heavy (non-hydrogen) atoms. The van der Waals surface area contributed by atoms with E-state index in [-0.39, 0.29) is 40.9 Å². The lowest BCUT2D eigenvalue weighted by Crippen LogP contribution is -2.06. The highest BCUT2D eigenvalue weighted by Crippen LogP contribution is 2.46. The van der Waals surface area contributed by atoms with Crippen LogP contribution in [0.25, 0.3) is 0 Å². The summed E-state index contributed by atoms with van der Waals surface area (Å²) in [5.74, 6) is 1.15. The highest BCUT2D eigenvalue weighted by Gasteiger charge is 2.37. The molecule has 0 amide bonds. The molecule has 1 aliphatic rings. The van der Waals surface area contributed by atoms with Crippen LogP contribution in [0, 0.1) is 0 Å². The van der Waals surface area contributed by atoms with Crippen molar-refractivity contribution in [2.75, 3.05) is 14.2 Å². The van der Waals surface area contributed by atoms with Crippen LogP contribution < -0.4 is 18.9 Å². The SMILES string of the molecule is COc1ccc(COc2cc(Cl)c3c(c2OCc2ccc(OC)cc2)C(=O)OC3O)cc1. The highest BCUT2D eigenvalue weighted by molar-refractivity contribution is 6.32. The number of ether oxygens (including phenoxy) is 5. The molecule has 0 fully saturated rings. The third kappa shape index (κ3) is 4.44. The molecule has 8 heteroatoms. The molecule has 1 aliphatic heterocycles. The second-order valence-corrected chi connectivity index (χ2v) is 7.41. The Morgan fingerprint density at radius 2 is 1.44 bits per heavy atom. The highest BCUT2D eigenvalue weighted by atomic mass is 35.5. The minimum Gasteiger partial charge on any atom is -0.497 e. The standard InChI is InChI=1S/C24H21ClO7/c1-28-16-7-3-14(4-8-16)12-30-19-11-18(25)20-21(24(27)32-23(20)26)22(19)31-13-15-5-9-17(29-2)10-6-15/h3-11,23,26H,12-13H2,1-2H3. The van der Waals surface area contributed by atoms with Gasteiger partial charge in [0.15, 0.2) is 11.5 Å². The average Bonchev–Trinajstić information content (AvgIpc) is 3.12. The number of carbonyl (C=O) groups is 1. The van der Waals surface area contributed by atoms with Crippen molar-refractivity contribution in [3.63, 3.8) is 0 Å². The fraction of sp³-hybridized carbons (Fsp3) is 0.208. The molecule has 3 aromatic carbocycles. The number of aliphatic hydroxyl groups is 1. The van der Waals surface area contributed by atoms with Gasteiger partial charge in [-0.25, -0.2) is 4.79 Å². The van der Waals surface area contributed by atoms with Gasteiger partial charge in [-0.3, -0.25) is 0 Å². The molecule has 7 nitrogen and oxygen atoms in total. The third-order valence-corrected chi connectivity index (χ3v) is 5.31. The largest absolute Gasteiger partial charge is 0.497 e. The molecule has 0 saturated carbocycles. The van der Waals surface area contributed by atoms with Crippen LogP contribution >= 0.6 is 11.6 Å². The lowest BCUT2D eigenvalue weighted by Gasteiger charge is -2.16. The first kappa shape index (κ1) is 21.8. The van der Waals surface area contributed by atoms with Crippen molar-refractivity contribution in [2.45, 2.75) is 19.5 Å². The Hall–Kier alpha value is -3.42. The van der Waals surface area contributed by atoms with Gasteiger partial charge in [-0.1, -0.05) is 35.9 Å². The number of hydrogen-bond acceptors (Lipinski definition) is 7. The number of benzene rings is 3. The summed E-state index contributed by atoms with van der Waals surface area (Å²) in [4.78, 5) is 12.4. The summed E-state index contributed by atoms with van der Waals surface area (Å²) < 4.78 is 27.2. The van der Waals surface area contributed by atoms with Crippen LogP contribution in [0.5, 0.6) is 23.0 Å². The lowest BCUT2D eigenvalue weighted by molar-refractivity contribution is -0.0547. The summed E-state index contributed by atoms with van der Waals surface area (Å²) in [7, 11) is 3.18. The van der Waals surface area contributed by atoms with Gasteiger partial charge in [0.1, 0.15) is 30.3 Å². The van der Waals surface area contributed by atoms with Crippen LogP contribution in [0.3, 0.4) is 0 Å². The van der Waals surface area contributed by atoms with Gasteiger partial charge < -0.3 is 28.8 Å². The predicted octanol–water partition coefficient (Wildman–Crippen LogP) is 4.68. The van der Waals surface area contributed by atoms with Crippen LogP contribution in [0.2, 0.25) is 5.02 Å². The van der Waals surface area contributed by atoms with Gasteiger partial charge in [0.25, 0.3) is 0 Å². The average molecular weight is 457 g/mol. The van der Waals surface area contributed by atoms with Gasteiger partial charge in [0.05, 0.1) is 24.8 Å². The fourth-order valence-corrected chi connectivity index (χ4v) is 3.58. The van der Waals surface area contributed by atoms with E-state index in [1.165, 1.54) is 6.07 Å². The summed E-state index contributed by atoms with van der Waals surface area (Å²) >= 11 is 6.32. The van der Waals surface area contributed by atoms with E-state index in [0.29, 0.717) is 0 Å². The van der Waals surface area contributed by atoms with E-state index in [4.69, 9.17) is 35.3 Å². The second-order valence-electron chi connectivity index (χ2n) is 7.01. The minimum atomic E-state index is -1.45. The molecule has 1 heterocycles. The van der Waals surface area contributed by atoms with Gasteiger partial charge in [0, 0.05) is 6.07 Å². The maximum atomic E-state index is 12.4. The topological polar surface area (TPSA) is 83.5 Å². The smallest absolute Gasteiger partial charge is 0.345 e. The Balaban J connectivity index is 1.62. The van der Waals surface area contributed by atoms with Gasteiger partial charge in [-0.2, -0.15) is 0 Å². The molecule has 166 valence electrons. The molecule has 0 spiro atoms. The first-order valence-corrected chi connectivity index (χ1v) is 10.1. The number of rotatable bonds is 8. The van der Waals surface area contributed by atoms with E-state index in [1.807, 2.05) is 48.5 Å². The molecular weight excluding hydrogens is 436 g/mol. The van der Waals surface area contributed by atoms with Crippen LogP contribution in [0.4, 0.5) is 0 Å². The van der Waals surface area contributed by atoms with E-state index < -0.39 is 12.3 Å². The van der Waals surface area contributed by atoms with Gasteiger partial charge >= 0.3 is 5.97 Å². The van der Waals surface area contributed by atoms with Crippen LogP contribution in [-0.4, -0.2) is 25.3 Å². The Bertz CT molecular complexity index is 1110. The summed E-state index contributed by atoms with van der Waals surface area (Å²) in [6.45, 7) is 0.357. The molecule has 1 unspecified atom stereocenters. The van der Waals surface area contributed by atoms with Crippen molar-refractivity contribution in [3.8, 4) is 23.0 Å².